The average Bonchev–Trinajstić information content (AvgIpc) is 3.73. The number of nitrogens with one attached hydrogen (secondary N) is 2. The molecule has 0 fully saturated rings. The van der Waals surface area contributed by atoms with Gasteiger partial charge >= 0.3 is 22.4 Å². The van der Waals surface area contributed by atoms with Crippen LogP contribution in [0.3, 0.4) is 0 Å². The number of nitrogens with zero attached hydrogens (tertiary/aromatic N) is 6. The smallest absolute Gasteiger partial charge is 0.398 e. The third-order valence-electron chi connectivity index (χ3n) is 7.61. The van der Waals surface area contributed by atoms with Gasteiger partial charge in [-0.3, -0.25) is 0 Å². The number of benzene rings is 4. The first-order valence-corrected chi connectivity index (χ1v) is 13.2. The minimum absolute atomic E-state index is 0. The summed E-state index contributed by atoms with van der Waals surface area (Å²) in [5.41, 5.74) is 13.2. The van der Waals surface area contributed by atoms with Gasteiger partial charge in [-0.15, -0.1) is 0 Å². The number of fused-ring (bicyclic) bond motifs is 20. The van der Waals surface area contributed by atoms with Crippen LogP contribution in [-0.4, -0.2) is 39.9 Å². The molecular weight excluding hydrogens is 618 g/mol. The molecule has 9 nitrogen and oxygen atoms in total. The van der Waals surface area contributed by atoms with Crippen LogP contribution in [0.1, 0.15) is 0 Å². The third-order valence-corrected chi connectivity index (χ3v) is 7.61. The fourth-order valence-corrected chi connectivity index (χ4v) is 5.72. The summed E-state index contributed by atoms with van der Waals surface area (Å²) in [5, 5.41) is 3.51. The van der Waals surface area contributed by atoms with Crippen LogP contribution in [0.15, 0.2) is 91.0 Å². The maximum Gasteiger partial charge on any atom is 1.00 e. The number of aromatic nitrogens is 8. The summed E-state index contributed by atoms with van der Waals surface area (Å²) in [6, 6.07) is 29.7. The van der Waals surface area contributed by atoms with E-state index in [9.17, 15) is 0 Å². The second kappa shape index (κ2) is 9.15. The van der Waals surface area contributed by atoms with Crippen LogP contribution in [0, 0.1) is 0 Å². The monoisotopic (exact) mass is 636 g/mol. The van der Waals surface area contributed by atoms with Crippen LogP contribution >= 0.6 is 0 Å². The van der Waals surface area contributed by atoms with Gasteiger partial charge in [0.1, 0.15) is 22.6 Å². The van der Waals surface area contributed by atoms with E-state index in [-0.39, 0.29) is 22.4 Å². The Hall–Kier alpha value is -5.22. The fraction of sp³-hybridized carbons (Fsp3) is 0. The Morgan fingerprint density at radius 3 is 1.29 bits per heavy atom. The molecule has 0 saturated carbocycles. The molecule has 0 amide bonds. The van der Waals surface area contributed by atoms with Crippen LogP contribution < -0.4 is 5.73 Å². The Kier molecular flexibility index (Phi) is 5.35. The van der Waals surface area contributed by atoms with E-state index in [2.05, 4.69) is 9.97 Å². The Morgan fingerprint density at radius 2 is 0.786 bits per heavy atom. The van der Waals surface area contributed by atoms with E-state index >= 15 is 0 Å². The molecule has 10 heteroatoms. The van der Waals surface area contributed by atoms with Crippen molar-refractivity contribution in [1.29, 1.82) is 0 Å². The third kappa shape index (κ3) is 3.55. The van der Waals surface area contributed by atoms with Gasteiger partial charge in [-0.25, -0.2) is 29.9 Å². The van der Waals surface area contributed by atoms with E-state index in [1.54, 1.807) is 0 Å². The quantitative estimate of drug-likeness (QED) is 0.129. The summed E-state index contributed by atoms with van der Waals surface area (Å²) in [7, 11) is 0. The standard InChI is InChI=1S/C32H19N9.Ag/c33-23-15-7-14-22-24(23)32-40-30-21-13-6-5-12-20(21)28(38-30)36-26-17-9-2-1-8-16(17)25(34-26)35-27-18-10-3-4-11-19(18)29(37-27)39-31(22)41-32;/h1-15H,33H2,(H2,34,35,36,37,38,39,40,41);/q;+1. The SMILES string of the molecule is Nc1cccc2c3nc4nc(nc5[nH]c(nc6nc(nc([nH]3)c12)-c1ccccc1-6)c1ccccc51)-c1ccccc1-4.[Ag+]. The van der Waals surface area contributed by atoms with E-state index in [0.29, 0.717) is 51.6 Å². The van der Waals surface area contributed by atoms with E-state index in [1.807, 2.05) is 91.0 Å². The summed E-state index contributed by atoms with van der Waals surface area (Å²) in [4.78, 5) is 36.7. The van der Waals surface area contributed by atoms with Gasteiger partial charge in [-0.05, 0) is 6.07 Å². The van der Waals surface area contributed by atoms with Crippen molar-refractivity contribution in [3.63, 3.8) is 0 Å². The van der Waals surface area contributed by atoms with E-state index in [1.165, 1.54) is 0 Å². The van der Waals surface area contributed by atoms with Gasteiger partial charge in [0.15, 0.2) is 23.3 Å². The zero-order valence-electron chi connectivity index (χ0n) is 21.7. The fourth-order valence-electron chi connectivity index (χ4n) is 5.72. The minimum atomic E-state index is 0. The van der Waals surface area contributed by atoms with E-state index < -0.39 is 0 Å². The van der Waals surface area contributed by atoms with Gasteiger partial charge in [-0.1, -0.05) is 84.9 Å². The van der Waals surface area contributed by atoms with Crippen molar-refractivity contribution in [3.05, 3.63) is 91.0 Å². The summed E-state index contributed by atoms with van der Waals surface area (Å²) < 4.78 is 0. The predicted octanol–water partition coefficient (Wildman–Crippen LogP) is 6.45. The second-order valence-corrected chi connectivity index (χ2v) is 10.0. The van der Waals surface area contributed by atoms with Crippen molar-refractivity contribution >= 4 is 49.8 Å². The van der Waals surface area contributed by atoms with Gasteiger partial charge in [0, 0.05) is 44.1 Å². The Balaban J connectivity index is 0.00000267. The first-order valence-electron chi connectivity index (χ1n) is 13.2. The molecule has 4 aromatic carbocycles. The molecule has 3 aromatic heterocycles. The molecule has 0 saturated heterocycles. The maximum atomic E-state index is 6.49. The molecule has 0 radical (unpaired) electrons. The largest absolute Gasteiger partial charge is 1.00 e. The number of rotatable bonds is 0. The molecule has 42 heavy (non-hydrogen) atoms. The first-order chi connectivity index (χ1) is 20.2. The van der Waals surface area contributed by atoms with Crippen molar-refractivity contribution in [2.24, 2.45) is 0 Å². The van der Waals surface area contributed by atoms with Gasteiger partial charge in [0.05, 0.1) is 5.39 Å². The van der Waals surface area contributed by atoms with Crippen LogP contribution in [0.25, 0.3) is 89.7 Å². The molecule has 4 N–H and O–H groups in total. The van der Waals surface area contributed by atoms with Crippen LogP contribution in [0.4, 0.5) is 5.69 Å². The molecular formula is C32H19AgN9+. The molecule has 0 atom stereocenters. The van der Waals surface area contributed by atoms with Gasteiger partial charge in [-0.2, -0.15) is 0 Å². The summed E-state index contributed by atoms with van der Waals surface area (Å²) in [6.45, 7) is 0. The molecule has 2 aliphatic heterocycles. The second-order valence-electron chi connectivity index (χ2n) is 10.0. The topological polar surface area (TPSA) is 135 Å². The number of H-pyrrole nitrogens is 2. The maximum absolute atomic E-state index is 6.49. The molecule has 7 aromatic rings. The molecule has 2 aliphatic rings. The Labute approximate surface area is 253 Å². The van der Waals surface area contributed by atoms with Crippen LogP contribution in [0.2, 0.25) is 0 Å². The summed E-state index contributed by atoms with van der Waals surface area (Å²) in [5.74, 6) is 2.25. The molecule has 0 unspecified atom stereocenters. The molecule has 0 spiro atoms. The summed E-state index contributed by atoms with van der Waals surface area (Å²) in [6.07, 6.45) is 0. The molecule has 8 bridgehead atoms. The zero-order chi connectivity index (χ0) is 27.1. The number of nitrogen functional groups attached to an aromatic ring is 1. The number of hydrogen-bond acceptors (Lipinski definition) is 7. The minimum Gasteiger partial charge on any atom is -0.398 e. The van der Waals surface area contributed by atoms with Gasteiger partial charge in [0.25, 0.3) is 0 Å². The number of anilines is 1. The molecule has 0 aliphatic carbocycles. The molecule has 202 valence electrons. The summed E-state index contributed by atoms with van der Waals surface area (Å²) >= 11 is 0. The Morgan fingerprint density at radius 1 is 0.405 bits per heavy atom. The van der Waals surface area contributed by atoms with Gasteiger partial charge in [0.2, 0.25) is 0 Å². The normalized spacial score (nSPS) is 11.7. The molecule has 5 heterocycles. The van der Waals surface area contributed by atoms with E-state index in [4.69, 9.17) is 35.6 Å². The van der Waals surface area contributed by atoms with Crippen LogP contribution in [-0.2, 0) is 22.4 Å². The van der Waals surface area contributed by atoms with Crippen molar-refractivity contribution < 1.29 is 22.4 Å². The van der Waals surface area contributed by atoms with Crippen molar-refractivity contribution in [2.45, 2.75) is 0 Å². The van der Waals surface area contributed by atoms with Crippen molar-refractivity contribution in [1.82, 2.24) is 39.9 Å². The molecule has 9 rings (SSSR count). The predicted molar refractivity (Wildman–Crippen MR) is 160 cm³/mol. The zero-order valence-corrected chi connectivity index (χ0v) is 23.2. The van der Waals surface area contributed by atoms with Gasteiger partial charge < -0.3 is 15.7 Å². The van der Waals surface area contributed by atoms with Crippen molar-refractivity contribution in [3.8, 4) is 45.6 Å². The van der Waals surface area contributed by atoms with Crippen LogP contribution in [0.5, 0.6) is 0 Å². The number of hydrogen-bond donors (Lipinski definition) is 3. The first kappa shape index (κ1) is 24.6. The Bertz CT molecular complexity index is 2400. The average molecular weight is 637 g/mol. The number of aromatic amines is 2. The van der Waals surface area contributed by atoms with Crippen molar-refractivity contribution in [2.75, 3.05) is 5.73 Å². The number of nitrogens with two attached hydrogens (primary N) is 1. The van der Waals surface area contributed by atoms with E-state index in [0.717, 1.165) is 43.8 Å².